The van der Waals surface area contributed by atoms with Crippen LogP contribution >= 0.6 is 11.8 Å². The molecule has 1 N–H and O–H groups in total. The number of benzene rings is 2. The molecule has 0 saturated heterocycles. The molecule has 0 radical (unpaired) electrons. The summed E-state index contributed by atoms with van der Waals surface area (Å²) in [6.45, 7) is 4.17. The number of nitrogens with one attached hydrogen (secondary N) is 1. The van der Waals surface area contributed by atoms with E-state index in [1.54, 1.807) is 0 Å². The topological polar surface area (TPSA) is 59.8 Å². The van der Waals surface area contributed by atoms with E-state index in [0.29, 0.717) is 11.8 Å². The summed E-state index contributed by atoms with van der Waals surface area (Å²) in [6.07, 6.45) is 4.60. The lowest BCUT2D eigenvalue weighted by Gasteiger charge is -2.14. The summed E-state index contributed by atoms with van der Waals surface area (Å²) in [6, 6.07) is 16.8. The van der Waals surface area contributed by atoms with Crippen LogP contribution in [0.15, 0.2) is 53.7 Å². The number of hydrogen-bond donors (Lipinski definition) is 1. The second-order valence-electron chi connectivity index (χ2n) is 7.64. The van der Waals surface area contributed by atoms with Crippen LogP contribution in [0.3, 0.4) is 0 Å². The Hall–Kier alpha value is -2.60. The van der Waals surface area contributed by atoms with Crippen molar-refractivity contribution in [3.8, 4) is 17.1 Å². The van der Waals surface area contributed by atoms with E-state index < -0.39 is 0 Å². The molecule has 1 heterocycles. The van der Waals surface area contributed by atoms with Crippen LogP contribution in [0.4, 0.5) is 0 Å². The van der Waals surface area contributed by atoms with Gasteiger partial charge in [-0.25, -0.2) is 0 Å². The van der Waals surface area contributed by atoms with E-state index in [1.165, 1.54) is 30.2 Å². The van der Waals surface area contributed by atoms with Gasteiger partial charge in [-0.2, -0.15) is 0 Å². The number of carbonyl (C=O) groups excluding carboxylic acids is 1. The molecule has 1 aromatic heterocycles. The van der Waals surface area contributed by atoms with E-state index in [4.69, 9.17) is 0 Å². The Morgan fingerprint density at radius 1 is 1.10 bits per heavy atom. The molecule has 4 rings (SSSR count). The van der Waals surface area contributed by atoms with Crippen LogP contribution in [-0.4, -0.2) is 32.5 Å². The quantitative estimate of drug-likeness (QED) is 0.603. The third-order valence-electron chi connectivity index (χ3n) is 5.32. The molecule has 5 nitrogen and oxygen atoms in total. The number of carbonyl (C=O) groups is 1. The molecular weight excluding hydrogens is 380 g/mol. The molecule has 1 amide bonds. The largest absolute Gasteiger partial charge is 0.353 e. The van der Waals surface area contributed by atoms with Gasteiger partial charge in [0.1, 0.15) is 0 Å². The molecule has 1 fully saturated rings. The Bertz CT molecular complexity index is 993. The molecule has 0 aliphatic heterocycles. The average Bonchev–Trinajstić information content (AvgIpc) is 3.38. The highest BCUT2D eigenvalue weighted by atomic mass is 32.2. The third-order valence-corrected chi connectivity index (χ3v) is 6.25. The monoisotopic (exact) mass is 406 g/mol. The van der Waals surface area contributed by atoms with E-state index in [1.807, 2.05) is 30.3 Å². The summed E-state index contributed by atoms with van der Waals surface area (Å²) < 4.78 is 2.07. The molecule has 0 atom stereocenters. The number of aryl methyl sites for hydroxylation is 2. The number of amides is 1. The number of thioether (sulfide) groups is 1. The fourth-order valence-corrected chi connectivity index (χ4v) is 4.54. The Kier molecular flexibility index (Phi) is 6.00. The number of aromatic nitrogens is 3. The van der Waals surface area contributed by atoms with Crippen molar-refractivity contribution in [1.82, 2.24) is 20.1 Å². The lowest BCUT2D eigenvalue weighted by atomic mass is 10.1. The summed E-state index contributed by atoms with van der Waals surface area (Å²) in [5.74, 6) is 1.20. The Balaban J connectivity index is 1.64. The van der Waals surface area contributed by atoms with E-state index >= 15 is 0 Å². The normalized spacial score (nSPS) is 14.3. The Labute approximate surface area is 175 Å². The van der Waals surface area contributed by atoms with Gasteiger partial charge in [-0.05, 0) is 43.9 Å². The molecule has 1 aliphatic carbocycles. The minimum Gasteiger partial charge on any atom is -0.353 e. The van der Waals surface area contributed by atoms with Crippen molar-refractivity contribution in [3.63, 3.8) is 0 Å². The first-order chi connectivity index (χ1) is 14.1. The highest BCUT2D eigenvalue weighted by Gasteiger charge is 2.20. The minimum atomic E-state index is 0.0682. The lowest BCUT2D eigenvalue weighted by Crippen LogP contribution is -2.33. The molecular formula is C23H26N4OS. The van der Waals surface area contributed by atoms with Crippen molar-refractivity contribution >= 4 is 17.7 Å². The first kappa shape index (κ1) is 19.7. The van der Waals surface area contributed by atoms with Gasteiger partial charge in [0.05, 0.1) is 11.4 Å². The summed E-state index contributed by atoms with van der Waals surface area (Å²) in [5.41, 5.74) is 4.37. The van der Waals surface area contributed by atoms with Gasteiger partial charge in [0.15, 0.2) is 11.0 Å². The SMILES string of the molecule is Cc1ccc(C)c(-n2c(SCC(=O)NC3CCCC3)nnc2-c2ccccc2)c1. The average molecular weight is 407 g/mol. The maximum absolute atomic E-state index is 12.4. The van der Waals surface area contributed by atoms with Crippen molar-refractivity contribution in [2.75, 3.05) is 5.75 Å². The fraction of sp³-hybridized carbons (Fsp3) is 0.348. The molecule has 1 aliphatic rings. The molecule has 0 spiro atoms. The predicted octanol–water partition coefficient (Wildman–Crippen LogP) is 4.70. The van der Waals surface area contributed by atoms with E-state index in [-0.39, 0.29) is 5.91 Å². The van der Waals surface area contributed by atoms with Crippen LogP contribution in [0.5, 0.6) is 0 Å². The Morgan fingerprint density at radius 2 is 1.86 bits per heavy atom. The fourth-order valence-electron chi connectivity index (χ4n) is 3.78. The van der Waals surface area contributed by atoms with Crippen molar-refractivity contribution in [3.05, 3.63) is 59.7 Å². The third kappa shape index (κ3) is 4.53. The predicted molar refractivity (Wildman–Crippen MR) is 117 cm³/mol. The molecule has 0 unspecified atom stereocenters. The second kappa shape index (κ2) is 8.82. The zero-order valence-electron chi connectivity index (χ0n) is 16.9. The maximum atomic E-state index is 12.4. The van der Waals surface area contributed by atoms with Crippen LogP contribution in [0.1, 0.15) is 36.8 Å². The van der Waals surface area contributed by atoms with Gasteiger partial charge in [0, 0.05) is 11.6 Å². The van der Waals surface area contributed by atoms with E-state index in [2.05, 4.69) is 52.1 Å². The van der Waals surface area contributed by atoms with Gasteiger partial charge >= 0.3 is 0 Å². The molecule has 3 aromatic rings. The number of rotatable bonds is 6. The standard InChI is InChI=1S/C23H26N4OS/c1-16-12-13-17(2)20(14-16)27-22(18-8-4-3-5-9-18)25-26-23(27)29-15-21(28)24-19-10-6-7-11-19/h3-5,8-9,12-14,19H,6-7,10-11,15H2,1-2H3,(H,24,28). The van der Waals surface area contributed by atoms with Crippen molar-refractivity contribution < 1.29 is 4.79 Å². The molecule has 6 heteroatoms. The van der Waals surface area contributed by atoms with E-state index in [9.17, 15) is 4.79 Å². The van der Waals surface area contributed by atoms with Gasteiger partial charge in [-0.15, -0.1) is 10.2 Å². The minimum absolute atomic E-state index is 0.0682. The number of hydrogen-bond acceptors (Lipinski definition) is 4. The lowest BCUT2D eigenvalue weighted by molar-refractivity contribution is -0.119. The molecule has 1 saturated carbocycles. The van der Waals surface area contributed by atoms with Crippen LogP contribution < -0.4 is 5.32 Å². The molecule has 29 heavy (non-hydrogen) atoms. The molecule has 0 bridgehead atoms. The highest BCUT2D eigenvalue weighted by Crippen LogP contribution is 2.30. The van der Waals surface area contributed by atoms with Crippen molar-refractivity contribution in [2.24, 2.45) is 0 Å². The first-order valence-corrected chi connectivity index (χ1v) is 11.1. The van der Waals surface area contributed by atoms with Crippen LogP contribution in [0.2, 0.25) is 0 Å². The molecule has 150 valence electrons. The summed E-state index contributed by atoms with van der Waals surface area (Å²) in [5, 5.41) is 12.8. The van der Waals surface area contributed by atoms with Crippen molar-refractivity contribution in [2.45, 2.75) is 50.7 Å². The summed E-state index contributed by atoms with van der Waals surface area (Å²) in [4.78, 5) is 12.4. The van der Waals surface area contributed by atoms with Gasteiger partial charge in [-0.3, -0.25) is 9.36 Å². The summed E-state index contributed by atoms with van der Waals surface area (Å²) in [7, 11) is 0. The van der Waals surface area contributed by atoms with Gasteiger partial charge in [0.2, 0.25) is 5.91 Å². The first-order valence-electron chi connectivity index (χ1n) is 10.1. The molecule has 2 aromatic carbocycles. The van der Waals surface area contributed by atoms with Crippen LogP contribution in [0, 0.1) is 13.8 Å². The zero-order chi connectivity index (χ0) is 20.2. The van der Waals surface area contributed by atoms with Gasteiger partial charge in [-0.1, -0.05) is 67.1 Å². The van der Waals surface area contributed by atoms with Crippen LogP contribution in [0.25, 0.3) is 17.1 Å². The Morgan fingerprint density at radius 3 is 2.62 bits per heavy atom. The van der Waals surface area contributed by atoms with Gasteiger partial charge in [0.25, 0.3) is 0 Å². The van der Waals surface area contributed by atoms with E-state index in [0.717, 1.165) is 40.6 Å². The second-order valence-corrected chi connectivity index (χ2v) is 8.58. The van der Waals surface area contributed by atoms with Gasteiger partial charge < -0.3 is 5.32 Å². The maximum Gasteiger partial charge on any atom is 0.230 e. The highest BCUT2D eigenvalue weighted by molar-refractivity contribution is 7.99. The van der Waals surface area contributed by atoms with Crippen molar-refractivity contribution in [1.29, 1.82) is 0 Å². The number of nitrogens with zero attached hydrogens (tertiary/aromatic N) is 3. The zero-order valence-corrected chi connectivity index (χ0v) is 17.7. The smallest absolute Gasteiger partial charge is 0.230 e. The summed E-state index contributed by atoms with van der Waals surface area (Å²) >= 11 is 1.44. The van der Waals surface area contributed by atoms with Crippen LogP contribution in [-0.2, 0) is 4.79 Å².